The molecule has 2 nitrogen and oxygen atoms in total. The summed E-state index contributed by atoms with van der Waals surface area (Å²) in [6.07, 6.45) is 7.76. The van der Waals surface area contributed by atoms with Crippen molar-refractivity contribution in [2.24, 2.45) is 0 Å². The summed E-state index contributed by atoms with van der Waals surface area (Å²) in [5.74, 6) is 1.31. The molecule has 1 heterocycles. The first-order chi connectivity index (χ1) is 6.88. The minimum absolute atomic E-state index is 0.801. The van der Waals surface area contributed by atoms with E-state index in [2.05, 4.69) is 23.5 Å². The van der Waals surface area contributed by atoms with E-state index in [4.69, 9.17) is 0 Å². The summed E-state index contributed by atoms with van der Waals surface area (Å²) in [6, 6.07) is 0.801. The van der Waals surface area contributed by atoms with E-state index in [1.54, 1.807) is 0 Å². The van der Waals surface area contributed by atoms with Gasteiger partial charge in [0.25, 0.3) is 0 Å². The molecule has 0 aliphatic carbocycles. The predicted octanol–water partition coefficient (Wildman–Crippen LogP) is 1.81. The van der Waals surface area contributed by atoms with Crippen LogP contribution in [0.2, 0.25) is 0 Å². The van der Waals surface area contributed by atoms with Gasteiger partial charge in [-0.15, -0.1) is 0 Å². The van der Waals surface area contributed by atoms with Gasteiger partial charge in [-0.2, -0.15) is 11.8 Å². The van der Waals surface area contributed by atoms with Gasteiger partial charge >= 0.3 is 0 Å². The van der Waals surface area contributed by atoms with Crippen molar-refractivity contribution in [3.8, 4) is 0 Å². The molecule has 1 saturated heterocycles. The van der Waals surface area contributed by atoms with Crippen LogP contribution >= 0.6 is 11.8 Å². The zero-order valence-corrected chi connectivity index (χ0v) is 10.4. The molecule has 0 aromatic heterocycles. The van der Waals surface area contributed by atoms with E-state index < -0.39 is 0 Å². The number of rotatable bonds is 6. The number of likely N-dealkylation sites (tertiary alicyclic amines) is 1. The number of nitrogens with zero attached hydrogens (tertiary/aromatic N) is 1. The molecule has 1 atom stereocenters. The lowest BCUT2D eigenvalue weighted by atomic mass is 10.0. The van der Waals surface area contributed by atoms with Crippen molar-refractivity contribution in [3.63, 3.8) is 0 Å². The van der Waals surface area contributed by atoms with Gasteiger partial charge in [0.1, 0.15) is 0 Å². The van der Waals surface area contributed by atoms with Gasteiger partial charge in [-0.1, -0.05) is 6.42 Å². The monoisotopic (exact) mass is 216 g/mol. The lowest BCUT2D eigenvalue weighted by Crippen LogP contribution is -2.45. The van der Waals surface area contributed by atoms with Crippen molar-refractivity contribution in [1.29, 1.82) is 0 Å². The van der Waals surface area contributed by atoms with Crippen molar-refractivity contribution in [2.75, 3.05) is 38.7 Å². The van der Waals surface area contributed by atoms with Crippen LogP contribution in [0.5, 0.6) is 0 Å². The van der Waals surface area contributed by atoms with E-state index in [0.29, 0.717) is 0 Å². The Bertz CT molecular complexity index is 139. The highest BCUT2D eigenvalue weighted by molar-refractivity contribution is 7.98. The fourth-order valence-corrected chi connectivity index (χ4v) is 2.65. The van der Waals surface area contributed by atoms with Crippen LogP contribution < -0.4 is 5.32 Å². The Hall–Kier alpha value is 0.270. The van der Waals surface area contributed by atoms with Gasteiger partial charge in [-0.25, -0.2) is 0 Å². The van der Waals surface area contributed by atoms with Crippen LogP contribution in [0.4, 0.5) is 0 Å². The summed E-state index contributed by atoms with van der Waals surface area (Å²) in [4.78, 5) is 2.68. The summed E-state index contributed by atoms with van der Waals surface area (Å²) in [7, 11) is 2.06. The van der Waals surface area contributed by atoms with Gasteiger partial charge in [-0.3, -0.25) is 4.90 Å². The van der Waals surface area contributed by atoms with Crippen LogP contribution in [-0.2, 0) is 0 Å². The summed E-state index contributed by atoms with van der Waals surface area (Å²) >= 11 is 1.96. The Morgan fingerprint density at radius 1 is 1.43 bits per heavy atom. The molecule has 1 aliphatic rings. The van der Waals surface area contributed by atoms with Crippen LogP contribution in [-0.4, -0.2) is 49.6 Å². The molecule has 84 valence electrons. The van der Waals surface area contributed by atoms with Crippen LogP contribution in [0, 0.1) is 0 Å². The van der Waals surface area contributed by atoms with Crippen LogP contribution in [0.25, 0.3) is 0 Å². The first kappa shape index (κ1) is 12.3. The summed E-state index contributed by atoms with van der Waals surface area (Å²) < 4.78 is 0. The summed E-state index contributed by atoms with van der Waals surface area (Å²) in [6.45, 7) is 3.78. The Balaban J connectivity index is 2.22. The fourth-order valence-electron chi connectivity index (χ4n) is 2.23. The van der Waals surface area contributed by atoms with E-state index in [0.717, 1.165) is 6.04 Å². The molecule has 0 spiro atoms. The fraction of sp³-hybridized carbons (Fsp3) is 1.00. The van der Waals surface area contributed by atoms with Crippen molar-refractivity contribution in [3.05, 3.63) is 0 Å². The van der Waals surface area contributed by atoms with Crippen molar-refractivity contribution < 1.29 is 0 Å². The molecule has 1 aliphatic heterocycles. The minimum atomic E-state index is 0.801. The lowest BCUT2D eigenvalue weighted by Gasteiger charge is -2.35. The maximum absolute atomic E-state index is 3.31. The number of nitrogens with one attached hydrogen (secondary N) is 1. The second-order valence-electron chi connectivity index (χ2n) is 4.09. The van der Waals surface area contributed by atoms with E-state index in [9.17, 15) is 0 Å². The maximum Gasteiger partial charge on any atom is 0.0220 e. The zero-order chi connectivity index (χ0) is 10.2. The molecule has 3 heteroatoms. The van der Waals surface area contributed by atoms with E-state index >= 15 is 0 Å². The quantitative estimate of drug-likeness (QED) is 0.682. The molecule has 0 bridgehead atoms. The third kappa shape index (κ3) is 4.20. The number of thioether (sulfide) groups is 1. The highest BCUT2D eigenvalue weighted by atomic mass is 32.2. The van der Waals surface area contributed by atoms with Gasteiger partial charge in [0.2, 0.25) is 0 Å². The number of piperidine rings is 1. The Morgan fingerprint density at radius 3 is 3.00 bits per heavy atom. The molecular formula is C11H24N2S. The molecule has 0 radical (unpaired) electrons. The van der Waals surface area contributed by atoms with Gasteiger partial charge < -0.3 is 5.32 Å². The predicted molar refractivity (Wildman–Crippen MR) is 66.1 cm³/mol. The Labute approximate surface area is 92.8 Å². The number of hydrogen-bond acceptors (Lipinski definition) is 3. The summed E-state index contributed by atoms with van der Waals surface area (Å²) in [5, 5.41) is 3.31. The summed E-state index contributed by atoms with van der Waals surface area (Å²) in [5.41, 5.74) is 0. The molecule has 1 N–H and O–H groups in total. The zero-order valence-electron chi connectivity index (χ0n) is 9.59. The molecular weight excluding hydrogens is 192 g/mol. The van der Waals surface area contributed by atoms with Gasteiger partial charge in [0.05, 0.1) is 0 Å². The van der Waals surface area contributed by atoms with Crippen LogP contribution in [0.15, 0.2) is 0 Å². The van der Waals surface area contributed by atoms with Crippen molar-refractivity contribution in [1.82, 2.24) is 10.2 Å². The van der Waals surface area contributed by atoms with E-state index in [-0.39, 0.29) is 0 Å². The Kier molecular flexibility index (Phi) is 6.65. The number of hydrogen-bond donors (Lipinski definition) is 1. The Morgan fingerprint density at radius 2 is 2.29 bits per heavy atom. The highest BCUT2D eigenvalue weighted by Gasteiger charge is 2.20. The number of likely N-dealkylation sites (N-methyl/N-ethyl adjacent to an activating group) is 1. The topological polar surface area (TPSA) is 15.3 Å². The second-order valence-corrected chi connectivity index (χ2v) is 5.08. The van der Waals surface area contributed by atoms with Gasteiger partial charge in [0, 0.05) is 12.6 Å². The third-order valence-corrected chi connectivity index (χ3v) is 3.68. The third-order valence-electron chi connectivity index (χ3n) is 2.98. The average Bonchev–Trinajstić information content (AvgIpc) is 2.21. The smallest absolute Gasteiger partial charge is 0.0220 e. The molecule has 0 aromatic carbocycles. The molecule has 14 heavy (non-hydrogen) atoms. The van der Waals surface area contributed by atoms with Crippen molar-refractivity contribution in [2.45, 2.75) is 31.7 Å². The lowest BCUT2D eigenvalue weighted by molar-refractivity contribution is 0.148. The molecule has 1 unspecified atom stereocenters. The second kappa shape index (κ2) is 7.55. The van der Waals surface area contributed by atoms with Gasteiger partial charge in [0.15, 0.2) is 0 Å². The first-order valence-corrected chi connectivity index (χ1v) is 7.15. The average molecular weight is 216 g/mol. The van der Waals surface area contributed by atoms with Crippen LogP contribution in [0.3, 0.4) is 0 Å². The van der Waals surface area contributed by atoms with Crippen molar-refractivity contribution >= 4 is 11.8 Å². The molecule has 0 amide bonds. The van der Waals surface area contributed by atoms with Crippen LogP contribution in [0.1, 0.15) is 25.7 Å². The molecule has 0 saturated carbocycles. The maximum atomic E-state index is 3.31. The first-order valence-electron chi connectivity index (χ1n) is 5.76. The largest absolute Gasteiger partial charge is 0.318 e. The van der Waals surface area contributed by atoms with Gasteiger partial charge in [-0.05, 0) is 51.4 Å². The molecule has 1 rings (SSSR count). The minimum Gasteiger partial charge on any atom is -0.318 e. The SMILES string of the molecule is CNCC1CCCCN1CCCSC. The highest BCUT2D eigenvalue weighted by Crippen LogP contribution is 2.16. The van der Waals surface area contributed by atoms with E-state index in [1.165, 1.54) is 51.1 Å². The molecule has 1 fully saturated rings. The normalized spacial score (nSPS) is 24.0. The standard InChI is InChI=1S/C11H24N2S/c1-12-10-11-6-3-4-7-13(11)8-5-9-14-2/h11-12H,3-10H2,1-2H3. The van der Waals surface area contributed by atoms with E-state index in [1.807, 2.05) is 11.8 Å². The molecule has 0 aromatic rings.